The summed E-state index contributed by atoms with van der Waals surface area (Å²) < 4.78 is 0. The van der Waals surface area contributed by atoms with Crippen LogP contribution in [0.25, 0.3) is 0 Å². The minimum absolute atomic E-state index is 0.112. The standard InChI is InChI=1S/C11H19NO3/c1-8(3-11(14)15)6-12(2)7-9-4-10(13)5-9/h3,9-10,13H,4-7H2,1-2H3,(H,14,15). The number of nitrogens with zero attached hydrogens (tertiary/aromatic N) is 1. The van der Waals surface area contributed by atoms with E-state index in [-0.39, 0.29) is 6.10 Å². The van der Waals surface area contributed by atoms with Gasteiger partial charge in [-0.2, -0.15) is 0 Å². The normalized spacial score (nSPS) is 26.5. The number of rotatable bonds is 5. The Kier molecular flexibility index (Phi) is 4.29. The van der Waals surface area contributed by atoms with Gasteiger partial charge in [-0.1, -0.05) is 5.57 Å². The number of carboxylic acids is 1. The maximum Gasteiger partial charge on any atom is 0.328 e. The van der Waals surface area contributed by atoms with Crippen LogP contribution in [0.15, 0.2) is 11.6 Å². The summed E-state index contributed by atoms with van der Waals surface area (Å²) >= 11 is 0. The summed E-state index contributed by atoms with van der Waals surface area (Å²) in [5.74, 6) is -0.317. The summed E-state index contributed by atoms with van der Waals surface area (Å²) in [5, 5.41) is 17.7. The Labute approximate surface area is 90.2 Å². The van der Waals surface area contributed by atoms with E-state index in [2.05, 4.69) is 4.90 Å². The Hall–Kier alpha value is -0.870. The lowest BCUT2D eigenvalue weighted by Crippen LogP contribution is -2.37. The molecule has 4 heteroatoms. The van der Waals surface area contributed by atoms with E-state index in [1.165, 1.54) is 6.08 Å². The minimum Gasteiger partial charge on any atom is -0.478 e. The lowest BCUT2D eigenvalue weighted by Gasteiger charge is -2.34. The van der Waals surface area contributed by atoms with Crippen LogP contribution in [0.5, 0.6) is 0 Å². The van der Waals surface area contributed by atoms with Crippen molar-refractivity contribution in [2.24, 2.45) is 5.92 Å². The molecule has 1 aliphatic carbocycles. The topological polar surface area (TPSA) is 60.8 Å². The van der Waals surface area contributed by atoms with Gasteiger partial charge in [0.2, 0.25) is 0 Å². The van der Waals surface area contributed by atoms with Crippen LogP contribution >= 0.6 is 0 Å². The van der Waals surface area contributed by atoms with Crippen molar-refractivity contribution in [2.45, 2.75) is 25.9 Å². The van der Waals surface area contributed by atoms with E-state index in [0.717, 1.165) is 25.0 Å². The number of hydrogen-bond donors (Lipinski definition) is 2. The van der Waals surface area contributed by atoms with Crippen LogP contribution in [0.3, 0.4) is 0 Å². The molecule has 0 atom stereocenters. The molecular weight excluding hydrogens is 194 g/mol. The molecule has 15 heavy (non-hydrogen) atoms. The second-order valence-corrected chi connectivity index (χ2v) is 4.52. The van der Waals surface area contributed by atoms with Gasteiger partial charge in [0, 0.05) is 19.2 Å². The van der Waals surface area contributed by atoms with Crippen molar-refractivity contribution < 1.29 is 15.0 Å². The van der Waals surface area contributed by atoms with Crippen molar-refractivity contribution in [3.8, 4) is 0 Å². The summed E-state index contributed by atoms with van der Waals surface area (Å²) in [5.41, 5.74) is 0.852. The van der Waals surface area contributed by atoms with Crippen LogP contribution in [-0.4, -0.2) is 47.3 Å². The third-order valence-electron chi connectivity index (χ3n) is 2.67. The molecule has 0 aliphatic heterocycles. The number of hydrogen-bond acceptors (Lipinski definition) is 3. The van der Waals surface area contributed by atoms with E-state index in [0.29, 0.717) is 12.5 Å². The molecule has 0 aromatic heterocycles. The average molecular weight is 213 g/mol. The van der Waals surface area contributed by atoms with Crippen molar-refractivity contribution in [3.63, 3.8) is 0 Å². The molecule has 4 nitrogen and oxygen atoms in total. The number of carboxylic acid groups (broad SMARTS) is 1. The van der Waals surface area contributed by atoms with Crippen molar-refractivity contribution in [2.75, 3.05) is 20.1 Å². The predicted octanol–water partition coefficient (Wildman–Crippen LogP) is 0.720. The largest absolute Gasteiger partial charge is 0.478 e. The third kappa shape index (κ3) is 4.44. The van der Waals surface area contributed by atoms with Gasteiger partial charge < -0.3 is 15.1 Å². The van der Waals surface area contributed by atoms with Gasteiger partial charge in [-0.05, 0) is 32.7 Å². The van der Waals surface area contributed by atoms with Crippen LogP contribution in [0, 0.1) is 5.92 Å². The highest BCUT2D eigenvalue weighted by Crippen LogP contribution is 2.27. The summed E-state index contributed by atoms with van der Waals surface area (Å²) in [7, 11) is 1.98. The molecule has 1 saturated carbocycles. The second kappa shape index (κ2) is 5.28. The molecule has 0 aromatic rings. The monoisotopic (exact) mass is 213 g/mol. The first kappa shape index (κ1) is 12.2. The van der Waals surface area contributed by atoms with E-state index in [1.807, 2.05) is 14.0 Å². The Morgan fingerprint density at radius 3 is 2.60 bits per heavy atom. The molecule has 0 amide bonds. The summed E-state index contributed by atoms with van der Waals surface area (Å²) in [6.07, 6.45) is 2.89. The van der Waals surface area contributed by atoms with Gasteiger partial charge in [0.05, 0.1) is 6.10 Å². The molecule has 0 spiro atoms. The van der Waals surface area contributed by atoms with Crippen LogP contribution in [0.1, 0.15) is 19.8 Å². The Morgan fingerprint density at radius 1 is 1.53 bits per heavy atom. The maximum absolute atomic E-state index is 10.4. The zero-order chi connectivity index (χ0) is 11.4. The zero-order valence-corrected chi connectivity index (χ0v) is 9.31. The molecule has 0 aromatic carbocycles. The summed E-state index contributed by atoms with van der Waals surface area (Å²) in [6, 6.07) is 0. The van der Waals surface area contributed by atoms with Gasteiger partial charge in [-0.15, -0.1) is 0 Å². The number of aliphatic carboxylic acids is 1. The Balaban J connectivity index is 2.23. The minimum atomic E-state index is -0.889. The van der Waals surface area contributed by atoms with Crippen LogP contribution in [0.4, 0.5) is 0 Å². The van der Waals surface area contributed by atoms with E-state index in [1.54, 1.807) is 0 Å². The second-order valence-electron chi connectivity index (χ2n) is 4.52. The maximum atomic E-state index is 10.4. The highest BCUT2D eigenvalue weighted by atomic mass is 16.4. The molecule has 0 saturated heterocycles. The van der Waals surface area contributed by atoms with E-state index < -0.39 is 5.97 Å². The molecule has 0 unspecified atom stereocenters. The first-order valence-electron chi connectivity index (χ1n) is 5.24. The van der Waals surface area contributed by atoms with Gasteiger partial charge in [-0.25, -0.2) is 4.79 Å². The average Bonchev–Trinajstić information content (AvgIpc) is 1.98. The summed E-state index contributed by atoms with van der Waals surface area (Å²) in [6.45, 7) is 3.43. The molecule has 86 valence electrons. The molecule has 1 aliphatic rings. The van der Waals surface area contributed by atoms with Crippen molar-refractivity contribution in [1.82, 2.24) is 4.90 Å². The smallest absolute Gasteiger partial charge is 0.328 e. The molecule has 0 radical (unpaired) electrons. The molecule has 1 rings (SSSR count). The highest BCUT2D eigenvalue weighted by Gasteiger charge is 2.27. The molecule has 0 bridgehead atoms. The molecule has 0 heterocycles. The fourth-order valence-electron chi connectivity index (χ4n) is 2.04. The van der Waals surface area contributed by atoms with E-state index >= 15 is 0 Å². The van der Waals surface area contributed by atoms with E-state index in [9.17, 15) is 4.79 Å². The lowest BCUT2D eigenvalue weighted by molar-refractivity contribution is -0.131. The first-order valence-corrected chi connectivity index (χ1v) is 5.24. The van der Waals surface area contributed by atoms with Crippen molar-refractivity contribution >= 4 is 5.97 Å². The molecule has 2 N–H and O–H groups in total. The fourth-order valence-corrected chi connectivity index (χ4v) is 2.04. The Bertz CT molecular complexity index is 257. The SMILES string of the molecule is CC(=CC(=O)O)CN(C)CC1CC(O)C1. The first-order chi connectivity index (χ1) is 6.97. The highest BCUT2D eigenvalue weighted by molar-refractivity contribution is 5.80. The van der Waals surface area contributed by atoms with Gasteiger partial charge in [0.15, 0.2) is 0 Å². The van der Waals surface area contributed by atoms with Gasteiger partial charge in [0.1, 0.15) is 0 Å². The van der Waals surface area contributed by atoms with Crippen molar-refractivity contribution in [1.29, 1.82) is 0 Å². The van der Waals surface area contributed by atoms with Crippen LogP contribution in [-0.2, 0) is 4.79 Å². The Morgan fingerprint density at radius 2 is 2.13 bits per heavy atom. The lowest BCUT2D eigenvalue weighted by atomic mass is 9.82. The van der Waals surface area contributed by atoms with Gasteiger partial charge >= 0.3 is 5.97 Å². The number of aliphatic hydroxyl groups excluding tert-OH is 1. The van der Waals surface area contributed by atoms with Crippen molar-refractivity contribution in [3.05, 3.63) is 11.6 Å². The number of carbonyl (C=O) groups is 1. The summed E-state index contributed by atoms with van der Waals surface area (Å²) in [4.78, 5) is 12.5. The number of likely N-dealkylation sites (N-methyl/N-ethyl adjacent to an activating group) is 1. The zero-order valence-electron chi connectivity index (χ0n) is 9.31. The van der Waals surface area contributed by atoms with Crippen LogP contribution in [0.2, 0.25) is 0 Å². The molecular formula is C11H19NO3. The third-order valence-corrected chi connectivity index (χ3v) is 2.67. The van der Waals surface area contributed by atoms with Gasteiger partial charge in [-0.3, -0.25) is 0 Å². The molecule has 1 fully saturated rings. The quantitative estimate of drug-likeness (QED) is 0.661. The fraction of sp³-hybridized carbons (Fsp3) is 0.727. The number of aliphatic hydroxyl groups is 1. The van der Waals surface area contributed by atoms with E-state index in [4.69, 9.17) is 10.2 Å². The van der Waals surface area contributed by atoms with Gasteiger partial charge in [0.25, 0.3) is 0 Å². The van der Waals surface area contributed by atoms with Crippen LogP contribution < -0.4 is 0 Å². The predicted molar refractivity (Wildman–Crippen MR) is 57.6 cm³/mol.